The monoisotopic (exact) mass is 293 g/mol. The number of anilines is 1. The molecule has 0 aliphatic carbocycles. The Bertz CT molecular complexity index is 947. The Balaban J connectivity index is 1.70. The summed E-state index contributed by atoms with van der Waals surface area (Å²) < 4.78 is 18.8. The second kappa shape index (κ2) is 5.11. The molecule has 4 rings (SSSR count). The van der Waals surface area contributed by atoms with Gasteiger partial charge in [0.1, 0.15) is 23.2 Å². The van der Waals surface area contributed by atoms with Gasteiger partial charge in [-0.1, -0.05) is 24.3 Å². The van der Waals surface area contributed by atoms with Crippen molar-refractivity contribution >= 4 is 27.9 Å². The topological polar surface area (TPSA) is 51.0 Å². The highest BCUT2D eigenvalue weighted by Gasteiger charge is 2.12. The van der Waals surface area contributed by atoms with E-state index in [0.29, 0.717) is 17.9 Å². The molecule has 0 fully saturated rings. The quantitative estimate of drug-likeness (QED) is 0.617. The molecule has 0 amide bonds. The van der Waals surface area contributed by atoms with Crippen molar-refractivity contribution in [1.82, 2.24) is 9.97 Å². The van der Waals surface area contributed by atoms with Crippen LogP contribution in [0.4, 0.5) is 10.2 Å². The van der Waals surface area contributed by atoms with E-state index in [-0.39, 0.29) is 5.82 Å². The highest BCUT2D eigenvalue weighted by atomic mass is 19.1. The van der Waals surface area contributed by atoms with Crippen LogP contribution in [0, 0.1) is 5.82 Å². The highest BCUT2D eigenvalue weighted by molar-refractivity contribution is 6.05. The van der Waals surface area contributed by atoms with E-state index in [0.717, 1.165) is 22.0 Å². The molecule has 0 unspecified atom stereocenters. The molecule has 5 heteroatoms. The maximum atomic E-state index is 12.9. The summed E-state index contributed by atoms with van der Waals surface area (Å²) in [5, 5.41) is 4.18. The number of nitrogens with zero attached hydrogens (tertiary/aromatic N) is 2. The fraction of sp³-hybridized carbons (Fsp3) is 0.0588. The van der Waals surface area contributed by atoms with Crippen molar-refractivity contribution in [3.05, 3.63) is 66.2 Å². The van der Waals surface area contributed by atoms with Crippen molar-refractivity contribution in [3.63, 3.8) is 0 Å². The summed E-state index contributed by atoms with van der Waals surface area (Å²) in [7, 11) is 0. The minimum Gasteiger partial charge on any atom is -0.450 e. The van der Waals surface area contributed by atoms with Gasteiger partial charge in [0.15, 0.2) is 11.4 Å². The average molecular weight is 293 g/mol. The second-order valence-corrected chi connectivity index (χ2v) is 4.98. The van der Waals surface area contributed by atoms with Gasteiger partial charge in [-0.3, -0.25) is 0 Å². The zero-order valence-electron chi connectivity index (χ0n) is 11.6. The van der Waals surface area contributed by atoms with Gasteiger partial charge in [0.05, 0.1) is 0 Å². The molecule has 0 bridgehead atoms. The number of furan rings is 1. The Morgan fingerprint density at radius 3 is 2.68 bits per heavy atom. The van der Waals surface area contributed by atoms with Gasteiger partial charge >= 0.3 is 0 Å². The molecule has 0 spiro atoms. The van der Waals surface area contributed by atoms with Crippen molar-refractivity contribution in [2.24, 2.45) is 0 Å². The zero-order chi connectivity index (χ0) is 14.9. The summed E-state index contributed by atoms with van der Waals surface area (Å²) >= 11 is 0. The van der Waals surface area contributed by atoms with E-state index < -0.39 is 0 Å². The smallest absolute Gasteiger partial charge is 0.196 e. The molecular formula is C17H12FN3O. The molecule has 0 atom stereocenters. The lowest BCUT2D eigenvalue weighted by Crippen LogP contribution is -2.02. The largest absolute Gasteiger partial charge is 0.450 e. The lowest BCUT2D eigenvalue weighted by Gasteiger charge is -2.05. The van der Waals surface area contributed by atoms with Crippen LogP contribution in [0.25, 0.3) is 22.1 Å². The molecule has 108 valence electrons. The Labute approximate surface area is 125 Å². The van der Waals surface area contributed by atoms with Gasteiger partial charge in [-0.25, -0.2) is 14.4 Å². The molecule has 0 aliphatic heterocycles. The van der Waals surface area contributed by atoms with Gasteiger partial charge in [0, 0.05) is 11.9 Å². The summed E-state index contributed by atoms with van der Waals surface area (Å²) in [6.45, 7) is 0.531. The van der Waals surface area contributed by atoms with Crippen LogP contribution >= 0.6 is 0 Å². The van der Waals surface area contributed by atoms with Gasteiger partial charge in [-0.05, 0) is 29.8 Å². The number of fused-ring (bicyclic) bond motifs is 3. The first-order valence-corrected chi connectivity index (χ1v) is 6.92. The van der Waals surface area contributed by atoms with Crippen LogP contribution in [0.5, 0.6) is 0 Å². The third kappa shape index (κ3) is 2.16. The fourth-order valence-electron chi connectivity index (χ4n) is 2.44. The molecule has 0 saturated heterocycles. The Morgan fingerprint density at radius 2 is 1.82 bits per heavy atom. The molecule has 0 saturated carbocycles. The molecule has 2 heterocycles. The SMILES string of the molecule is Fc1ccc(CNc2ncnc3c2oc2ccccc23)cc1. The van der Waals surface area contributed by atoms with E-state index in [9.17, 15) is 4.39 Å². The standard InChI is InChI=1S/C17H12FN3O/c18-12-7-5-11(6-8-12)9-19-17-16-15(20-10-21-17)13-3-1-2-4-14(13)22-16/h1-8,10H,9H2,(H,19,20,21). The Kier molecular flexibility index (Phi) is 2.96. The van der Waals surface area contributed by atoms with Gasteiger partial charge in [-0.2, -0.15) is 0 Å². The summed E-state index contributed by atoms with van der Waals surface area (Å²) in [5.41, 5.74) is 3.16. The second-order valence-electron chi connectivity index (χ2n) is 4.98. The lowest BCUT2D eigenvalue weighted by atomic mass is 10.2. The van der Waals surface area contributed by atoms with Crippen molar-refractivity contribution in [2.75, 3.05) is 5.32 Å². The van der Waals surface area contributed by atoms with Crippen molar-refractivity contribution in [2.45, 2.75) is 6.54 Å². The van der Waals surface area contributed by atoms with Crippen molar-refractivity contribution < 1.29 is 8.81 Å². The maximum Gasteiger partial charge on any atom is 0.196 e. The van der Waals surface area contributed by atoms with Gasteiger partial charge in [-0.15, -0.1) is 0 Å². The number of halogens is 1. The number of para-hydroxylation sites is 1. The third-order valence-electron chi connectivity index (χ3n) is 3.53. The molecule has 2 aromatic carbocycles. The van der Waals surface area contributed by atoms with Gasteiger partial charge in [0.25, 0.3) is 0 Å². The van der Waals surface area contributed by atoms with Crippen LogP contribution in [0.2, 0.25) is 0 Å². The first-order chi connectivity index (χ1) is 10.8. The molecular weight excluding hydrogens is 281 g/mol. The molecule has 4 aromatic rings. The molecule has 4 nitrogen and oxygen atoms in total. The van der Waals surface area contributed by atoms with E-state index in [1.807, 2.05) is 24.3 Å². The first-order valence-electron chi connectivity index (χ1n) is 6.92. The lowest BCUT2D eigenvalue weighted by molar-refractivity contribution is 0.627. The molecule has 2 aromatic heterocycles. The van der Waals surface area contributed by atoms with Crippen LogP contribution in [-0.4, -0.2) is 9.97 Å². The van der Waals surface area contributed by atoms with E-state index in [1.54, 1.807) is 12.1 Å². The molecule has 1 N–H and O–H groups in total. The van der Waals surface area contributed by atoms with Crippen LogP contribution in [0.15, 0.2) is 59.3 Å². The molecule has 22 heavy (non-hydrogen) atoms. The van der Waals surface area contributed by atoms with E-state index in [4.69, 9.17) is 4.42 Å². The average Bonchev–Trinajstić information content (AvgIpc) is 2.94. The zero-order valence-corrected chi connectivity index (χ0v) is 11.6. The number of nitrogens with one attached hydrogen (secondary N) is 1. The highest BCUT2D eigenvalue weighted by Crippen LogP contribution is 2.30. The summed E-state index contributed by atoms with van der Waals surface area (Å²) in [5.74, 6) is 0.385. The number of benzene rings is 2. The Morgan fingerprint density at radius 1 is 1.00 bits per heavy atom. The normalized spacial score (nSPS) is 11.1. The van der Waals surface area contributed by atoms with E-state index in [1.165, 1.54) is 18.5 Å². The Hall–Kier alpha value is -2.95. The van der Waals surface area contributed by atoms with Crippen molar-refractivity contribution in [1.29, 1.82) is 0 Å². The maximum absolute atomic E-state index is 12.9. The van der Waals surface area contributed by atoms with Gasteiger partial charge in [0.2, 0.25) is 0 Å². The predicted octanol–water partition coefficient (Wildman–Crippen LogP) is 4.13. The van der Waals surface area contributed by atoms with Crippen LogP contribution < -0.4 is 5.32 Å². The summed E-state index contributed by atoms with van der Waals surface area (Å²) in [6.07, 6.45) is 1.51. The van der Waals surface area contributed by atoms with Crippen molar-refractivity contribution in [3.8, 4) is 0 Å². The number of aromatic nitrogens is 2. The molecule has 0 aliphatic rings. The predicted molar refractivity (Wildman–Crippen MR) is 83.0 cm³/mol. The van der Waals surface area contributed by atoms with Gasteiger partial charge < -0.3 is 9.73 Å². The van der Waals surface area contributed by atoms with Crippen LogP contribution in [0.3, 0.4) is 0 Å². The third-order valence-corrected chi connectivity index (χ3v) is 3.53. The molecule has 0 radical (unpaired) electrons. The minimum absolute atomic E-state index is 0.245. The number of hydrogen-bond donors (Lipinski definition) is 1. The fourth-order valence-corrected chi connectivity index (χ4v) is 2.44. The van der Waals surface area contributed by atoms with E-state index in [2.05, 4.69) is 15.3 Å². The first kappa shape index (κ1) is 12.8. The number of hydrogen-bond acceptors (Lipinski definition) is 4. The minimum atomic E-state index is -0.245. The van der Waals surface area contributed by atoms with Crippen LogP contribution in [-0.2, 0) is 6.54 Å². The summed E-state index contributed by atoms with van der Waals surface area (Å²) in [4.78, 5) is 8.55. The van der Waals surface area contributed by atoms with E-state index >= 15 is 0 Å². The van der Waals surface area contributed by atoms with Crippen LogP contribution in [0.1, 0.15) is 5.56 Å². The summed E-state index contributed by atoms with van der Waals surface area (Å²) in [6, 6.07) is 14.1. The number of rotatable bonds is 3.